The van der Waals surface area contributed by atoms with Gasteiger partial charge >= 0.3 is 6.09 Å². The molecule has 3 N–H and O–H groups in total. The topological polar surface area (TPSA) is 86.7 Å². The molecule has 2 unspecified atom stereocenters. The normalized spacial score (nSPS) is 21.6. The summed E-state index contributed by atoms with van der Waals surface area (Å²) in [5, 5.41) is 17.6. The van der Waals surface area contributed by atoms with Crippen molar-refractivity contribution < 1.29 is 14.6 Å². The summed E-state index contributed by atoms with van der Waals surface area (Å²) in [7, 11) is 0. The summed E-state index contributed by atoms with van der Waals surface area (Å²) in [6, 6.07) is 8.87. The number of fused-ring (bicyclic) bond motifs is 1. The highest BCUT2D eigenvalue weighted by atomic mass is 35.5. The predicted molar refractivity (Wildman–Crippen MR) is 119 cm³/mol. The Bertz CT molecular complexity index is 994. The Morgan fingerprint density at radius 2 is 2.10 bits per heavy atom. The summed E-state index contributed by atoms with van der Waals surface area (Å²) >= 11 is 6.11. The number of aliphatic hydroxyl groups is 1. The molecule has 1 saturated heterocycles. The van der Waals surface area contributed by atoms with Gasteiger partial charge in [0.1, 0.15) is 18.7 Å². The van der Waals surface area contributed by atoms with Gasteiger partial charge < -0.3 is 20.5 Å². The number of nitrogens with one attached hydrogen (secondary N) is 2. The van der Waals surface area contributed by atoms with Gasteiger partial charge in [0.15, 0.2) is 0 Å². The van der Waals surface area contributed by atoms with E-state index in [1.54, 1.807) is 23.2 Å². The average molecular weight is 429 g/mol. The SMILES string of the molecule is CC(Nc1cc(N2C(=O)OC[C@@H]2C(C)C)ccn1)C1=Cc2cc(Cl)ccc2NC1O. The van der Waals surface area contributed by atoms with Crippen molar-refractivity contribution >= 4 is 41.0 Å². The molecule has 8 heteroatoms. The van der Waals surface area contributed by atoms with Gasteiger partial charge in [0, 0.05) is 28.5 Å². The van der Waals surface area contributed by atoms with Crippen LogP contribution in [0, 0.1) is 5.92 Å². The van der Waals surface area contributed by atoms with Crippen LogP contribution in [0.3, 0.4) is 0 Å². The van der Waals surface area contributed by atoms with Gasteiger partial charge in [-0.1, -0.05) is 25.4 Å². The van der Waals surface area contributed by atoms with Gasteiger partial charge in [-0.3, -0.25) is 4.90 Å². The van der Waals surface area contributed by atoms with E-state index in [0.29, 0.717) is 17.4 Å². The molecule has 2 aromatic rings. The van der Waals surface area contributed by atoms with Crippen molar-refractivity contribution in [3.05, 3.63) is 52.7 Å². The van der Waals surface area contributed by atoms with Crippen molar-refractivity contribution in [3.63, 3.8) is 0 Å². The summed E-state index contributed by atoms with van der Waals surface area (Å²) in [5.74, 6) is 0.868. The van der Waals surface area contributed by atoms with E-state index in [0.717, 1.165) is 22.5 Å². The van der Waals surface area contributed by atoms with Gasteiger partial charge in [-0.2, -0.15) is 0 Å². The number of amides is 1. The molecular weight excluding hydrogens is 404 g/mol. The number of rotatable bonds is 5. The molecule has 1 aromatic carbocycles. The highest BCUT2D eigenvalue weighted by molar-refractivity contribution is 6.30. The summed E-state index contributed by atoms with van der Waals surface area (Å²) < 4.78 is 5.25. The van der Waals surface area contributed by atoms with Crippen LogP contribution in [0.2, 0.25) is 5.02 Å². The number of benzene rings is 1. The van der Waals surface area contributed by atoms with Crippen molar-refractivity contribution in [1.82, 2.24) is 4.98 Å². The number of carbonyl (C=O) groups excluding carboxylic acids is 1. The number of pyridine rings is 1. The molecule has 1 amide bonds. The van der Waals surface area contributed by atoms with Crippen LogP contribution in [0.4, 0.5) is 22.0 Å². The molecule has 3 atom stereocenters. The second-order valence-corrected chi connectivity index (χ2v) is 8.38. The van der Waals surface area contributed by atoms with Crippen LogP contribution in [-0.2, 0) is 4.74 Å². The van der Waals surface area contributed by atoms with Crippen LogP contribution in [0.15, 0.2) is 42.1 Å². The molecule has 1 aromatic heterocycles. The minimum absolute atomic E-state index is 0.0153. The number of aromatic nitrogens is 1. The Morgan fingerprint density at radius 3 is 2.87 bits per heavy atom. The monoisotopic (exact) mass is 428 g/mol. The van der Waals surface area contributed by atoms with Gasteiger partial charge in [0.2, 0.25) is 0 Å². The van der Waals surface area contributed by atoms with Crippen molar-refractivity contribution in [3.8, 4) is 0 Å². The van der Waals surface area contributed by atoms with E-state index in [1.807, 2.05) is 31.2 Å². The fraction of sp³-hybridized carbons (Fsp3) is 0.364. The minimum Gasteiger partial charge on any atom is -0.447 e. The number of carbonyl (C=O) groups is 1. The van der Waals surface area contributed by atoms with Gasteiger partial charge in [0.25, 0.3) is 0 Å². The number of anilines is 3. The lowest BCUT2D eigenvalue weighted by atomic mass is 9.98. The van der Waals surface area contributed by atoms with Crippen LogP contribution >= 0.6 is 11.6 Å². The molecule has 7 nitrogen and oxygen atoms in total. The quantitative estimate of drug-likeness (QED) is 0.656. The zero-order valence-corrected chi connectivity index (χ0v) is 17.8. The van der Waals surface area contributed by atoms with E-state index in [-0.39, 0.29) is 24.1 Å². The van der Waals surface area contributed by atoms with E-state index in [1.165, 1.54) is 0 Å². The molecule has 1 fully saturated rings. The average Bonchev–Trinajstić information content (AvgIpc) is 3.09. The van der Waals surface area contributed by atoms with Crippen molar-refractivity contribution in [2.45, 2.75) is 39.1 Å². The standard InChI is InChI=1S/C22H25ClN4O3/c1-12(2)19-11-30-22(29)27(19)16-6-7-24-20(10-16)25-13(3)17-9-14-8-15(23)4-5-18(14)26-21(17)28/h4-10,12-13,19,21,26,28H,11H2,1-3H3,(H,24,25)/t13?,19-,21?/m1/s1. The third-order valence-corrected chi connectivity index (χ3v) is 5.74. The van der Waals surface area contributed by atoms with Gasteiger partial charge in [-0.25, -0.2) is 9.78 Å². The summed E-state index contributed by atoms with van der Waals surface area (Å²) in [5.41, 5.74) is 3.24. The molecule has 0 spiro atoms. The molecule has 2 aliphatic heterocycles. The Labute approximate surface area is 180 Å². The van der Waals surface area contributed by atoms with Crippen LogP contribution in [0.5, 0.6) is 0 Å². The summed E-state index contributed by atoms with van der Waals surface area (Å²) in [6.45, 7) is 6.46. The molecule has 3 heterocycles. The highest BCUT2D eigenvalue weighted by Crippen LogP contribution is 2.32. The molecule has 30 heavy (non-hydrogen) atoms. The zero-order chi connectivity index (χ0) is 21.4. The Kier molecular flexibility index (Phi) is 5.58. The predicted octanol–water partition coefficient (Wildman–Crippen LogP) is 4.34. The second kappa shape index (κ2) is 8.16. The van der Waals surface area contributed by atoms with E-state index in [2.05, 4.69) is 29.5 Å². The summed E-state index contributed by atoms with van der Waals surface area (Å²) in [6.07, 6.45) is 2.41. The number of halogens is 1. The lowest BCUT2D eigenvalue weighted by Gasteiger charge is -2.29. The van der Waals surface area contributed by atoms with Gasteiger partial charge in [0.05, 0.1) is 17.8 Å². The van der Waals surface area contributed by atoms with E-state index >= 15 is 0 Å². The number of aliphatic hydroxyl groups excluding tert-OH is 1. The smallest absolute Gasteiger partial charge is 0.414 e. The van der Waals surface area contributed by atoms with E-state index in [4.69, 9.17) is 16.3 Å². The first-order valence-electron chi connectivity index (χ1n) is 9.97. The first-order chi connectivity index (χ1) is 14.3. The molecule has 4 rings (SSSR count). The number of ether oxygens (including phenoxy) is 1. The number of hydrogen-bond donors (Lipinski definition) is 3. The van der Waals surface area contributed by atoms with Crippen molar-refractivity contribution in [2.24, 2.45) is 5.92 Å². The fourth-order valence-corrected chi connectivity index (χ4v) is 3.99. The lowest BCUT2D eigenvalue weighted by Crippen LogP contribution is -2.37. The minimum atomic E-state index is -0.830. The van der Waals surface area contributed by atoms with Crippen LogP contribution in [0.25, 0.3) is 6.08 Å². The van der Waals surface area contributed by atoms with Crippen molar-refractivity contribution in [2.75, 3.05) is 22.1 Å². The zero-order valence-electron chi connectivity index (χ0n) is 17.1. The van der Waals surface area contributed by atoms with Gasteiger partial charge in [-0.05, 0) is 48.7 Å². The van der Waals surface area contributed by atoms with E-state index < -0.39 is 6.23 Å². The van der Waals surface area contributed by atoms with Crippen LogP contribution in [-0.4, -0.2) is 41.1 Å². The maximum atomic E-state index is 12.3. The Morgan fingerprint density at radius 1 is 1.30 bits per heavy atom. The Balaban J connectivity index is 1.56. The first kappa shape index (κ1) is 20.5. The molecule has 0 bridgehead atoms. The highest BCUT2D eigenvalue weighted by Gasteiger charge is 2.36. The molecule has 0 aliphatic carbocycles. The van der Waals surface area contributed by atoms with Crippen molar-refractivity contribution in [1.29, 1.82) is 0 Å². The molecule has 0 radical (unpaired) electrons. The Hall–Kier alpha value is -2.77. The molecule has 0 saturated carbocycles. The number of nitrogens with zero attached hydrogens (tertiary/aromatic N) is 2. The third kappa shape index (κ3) is 3.95. The molecule has 158 valence electrons. The maximum absolute atomic E-state index is 12.3. The summed E-state index contributed by atoms with van der Waals surface area (Å²) in [4.78, 5) is 18.3. The lowest BCUT2D eigenvalue weighted by molar-refractivity contribution is 0.177. The fourth-order valence-electron chi connectivity index (χ4n) is 3.81. The van der Waals surface area contributed by atoms with Crippen LogP contribution in [0.1, 0.15) is 26.3 Å². The van der Waals surface area contributed by atoms with Crippen LogP contribution < -0.4 is 15.5 Å². The number of hydrogen-bond acceptors (Lipinski definition) is 6. The third-order valence-electron chi connectivity index (χ3n) is 5.51. The largest absolute Gasteiger partial charge is 0.447 e. The maximum Gasteiger partial charge on any atom is 0.414 e. The molecular formula is C22H25ClN4O3. The second-order valence-electron chi connectivity index (χ2n) is 7.95. The number of cyclic esters (lactones) is 1. The van der Waals surface area contributed by atoms with E-state index in [9.17, 15) is 9.90 Å². The van der Waals surface area contributed by atoms with Gasteiger partial charge in [-0.15, -0.1) is 0 Å². The first-order valence-corrected chi connectivity index (χ1v) is 10.4. The molecule has 2 aliphatic rings.